The molecule has 7 heteroatoms. The van der Waals surface area contributed by atoms with E-state index in [9.17, 15) is 9.59 Å². The lowest BCUT2D eigenvalue weighted by Crippen LogP contribution is -2.32. The Hall–Kier alpha value is -1.30. The molecule has 4 N–H and O–H groups in total. The van der Waals surface area contributed by atoms with E-state index >= 15 is 0 Å². The minimum Gasteiger partial charge on any atom is -0.481 e. The number of carboxylic acids is 1. The highest BCUT2D eigenvalue weighted by molar-refractivity contribution is 6.35. The van der Waals surface area contributed by atoms with Crippen molar-refractivity contribution >= 4 is 35.1 Å². The van der Waals surface area contributed by atoms with Crippen LogP contribution in [0.15, 0.2) is 18.2 Å². The van der Waals surface area contributed by atoms with Crippen LogP contribution in [0.25, 0.3) is 0 Å². The second kappa shape index (κ2) is 7.33. The highest BCUT2D eigenvalue weighted by Crippen LogP contribution is 2.29. The minimum atomic E-state index is -0.947. The molecule has 0 spiro atoms. The summed E-state index contributed by atoms with van der Waals surface area (Å²) in [5.74, 6) is -1.81. The lowest BCUT2D eigenvalue weighted by molar-refractivity contribution is -0.137. The van der Waals surface area contributed by atoms with Crippen LogP contribution < -0.4 is 11.1 Å². The molecule has 0 aromatic heterocycles. The van der Waals surface area contributed by atoms with E-state index in [0.29, 0.717) is 15.6 Å². The Balaban J connectivity index is 2.83. The molecule has 0 aliphatic carbocycles. The van der Waals surface area contributed by atoms with Crippen LogP contribution >= 0.6 is 23.2 Å². The van der Waals surface area contributed by atoms with E-state index in [4.69, 9.17) is 34.0 Å². The van der Waals surface area contributed by atoms with Crippen molar-refractivity contribution in [2.75, 3.05) is 13.1 Å². The summed E-state index contributed by atoms with van der Waals surface area (Å²) in [6.07, 6.45) is -0.104. The molecule has 1 aromatic rings. The van der Waals surface area contributed by atoms with Crippen molar-refractivity contribution in [1.29, 1.82) is 0 Å². The van der Waals surface area contributed by atoms with Crippen molar-refractivity contribution < 1.29 is 14.7 Å². The second-order valence-corrected chi connectivity index (χ2v) is 4.90. The van der Waals surface area contributed by atoms with E-state index in [1.807, 2.05) is 0 Å². The normalized spacial score (nSPS) is 12.1. The summed E-state index contributed by atoms with van der Waals surface area (Å²) >= 11 is 11.8. The average Bonchev–Trinajstić information content (AvgIpc) is 2.26. The molecule has 1 atom stereocenters. The first-order valence-corrected chi connectivity index (χ1v) is 6.31. The third-order valence-electron chi connectivity index (χ3n) is 2.51. The number of aliphatic carboxylic acids is 1. The highest BCUT2D eigenvalue weighted by atomic mass is 35.5. The number of rotatable bonds is 7. The summed E-state index contributed by atoms with van der Waals surface area (Å²) in [5, 5.41) is 12.6. The number of hydrogen-bond acceptors (Lipinski definition) is 3. The van der Waals surface area contributed by atoms with Gasteiger partial charge in [-0.2, -0.15) is 0 Å². The molecule has 19 heavy (non-hydrogen) atoms. The maximum atomic E-state index is 10.9. The molecule has 1 aromatic carbocycles. The standard InChI is InChI=1S/C12H14Cl2N2O3/c13-8-1-2-9(10(14)4-8)7(3-12(18)19)5-16-6-11(15)17/h1-2,4,7,16H,3,5-6H2,(H2,15,17)(H,18,19). The molecule has 0 aliphatic rings. The first kappa shape index (κ1) is 15.8. The van der Waals surface area contributed by atoms with Crippen LogP contribution in [0.3, 0.4) is 0 Å². The maximum absolute atomic E-state index is 10.9. The monoisotopic (exact) mass is 304 g/mol. The first-order chi connectivity index (χ1) is 8.90. The Morgan fingerprint density at radius 1 is 1.37 bits per heavy atom. The number of halogens is 2. The Morgan fingerprint density at radius 3 is 2.58 bits per heavy atom. The zero-order chi connectivity index (χ0) is 14.4. The minimum absolute atomic E-state index is 0.0126. The van der Waals surface area contributed by atoms with Gasteiger partial charge in [-0.1, -0.05) is 29.3 Å². The van der Waals surface area contributed by atoms with Crippen molar-refractivity contribution in [1.82, 2.24) is 5.32 Å². The zero-order valence-electron chi connectivity index (χ0n) is 10.0. The Kier molecular flexibility index (Phi) is 6.08. The average molecular weight is 305 g/mol. The third-order valence-corrected chi connectivity index (χ3v) is 3.08. The molecule has 0 aliphatic heterocycles. The SMILES string of the molecule is NC(=O)CNCC(CC(=O)O)c1ccc(Cl)cc1Cl. The number of primary amides is 1. The van der Waals surface area contributed by atoms with Crippen LogP contribution in [0.1, 0.15) is 17.9 Å². The fourth-order valence-corrected chi connectivity index (χ4v) is 2.27. The van der Waals surface area contributed by atoms with Gasteiger partial charge in [-0.3, -0.25) is 9.59 Å². The summed E-state index contributed by atoms with van der Waals surface area (Å²) in [5.41, 5.74) is 5.68. The lowest BCUT2D eigenvalue weighted by Gasteiger charge is -2.17. The molecule has 5 nitrogen and oxygen atoms in total. The summed E-state index contributed by atoms with van der Waals surface area (Å²) in [6.45, 7) is 0.276. The van der Waals surface area contributed by atoms with Gasteiger partial charge in [0, 0.05) is 22.5 Å². The van der Waals surface area contributed by atoms with Gasteiger partial charge in [0.1, 0.15) is 0 Å². The zero-order valence-corrected chi connectivity index (χ0v) is 11.5. The van der Waals surface area contributed by atoms with Crippen LogP contribution in [0, 0.1) is 0 Å². The molecule has 104 valence electrons. The van der Waals surface area contributed by atoms with E-state index in [1.54, 1.807) is 18.2 Å². The van der Waals surface area contributed by atoms with Gasteiger partial charge in [-0.25, -0.2) is 0 Å². The quantitative estimate of drug-likeness (QED) is 0.714. The summed E-state index contributed by atoms with van der Waals surface area (Å²) in [7, 11) is 0. The van der Waals surface area contributed by atoms with Gasteiger partial charge in [-0.15, -0.1) is 0 Å². The Bertz CT molecular complexity index is 480. The van der Waals surface area contributed by atoms with E-state index in [0.717, 1.165) is 0 Å². The molecule has 0 bridgehead atoms. The molecule has 1 amide bonds. The van der Waals surface area contributed by atoms with Crippen molar-refractivity contribution in [3.8, 4) is 0 Å². The number of amides is 1. The van der Waals surface area contributed by atoms with Crippen LogP contribution in [-0.4, -0.2) is 30.1 Å². The van der Waals surface area contributed by atoms with Crippen LogP contribution in [-0.2, 0) is 9.59 Å². The van der Waals surface area contributed by atoms with Gasteiger partial charge in [0.2, 0.25) is 5.91 Å². The smallest absolute Gasteiger partial charge is 0.304 e. The van der Waals surface area contributed by atoms with E-state index in [2.05, 4.69) is 5.32 Å². The van der Waals surface area contributed by atoms with E-state index < -0.39 is 11.9 Å². The second-order valence-electron chi connectivity index (χ2n) is 4.06. The number of nitrogens with one attached hydrogen (secondary N) is 1. The van der Waals surface area contributed by atoms with Crippen LogP contribution in [0.5, 0.6) is 0 Å². The Morgan fingerprint density at radius 2 is 2.05 bits per heavy atom. The largest absolute Gasteiger partial charge is 0.481 e. The maximum Gasteiger partial charge on any atom is 0.304 e. The molecule has 1 rings (SSSR count). The molecular formula is C12H14Cl2N2O3. The first-order valence-electron chi connectivity index (χ1n) is 5.56. The number of carbonyl (C=O) groups is 2. The van der Waals surface area contributed by atoms with Gasteiger partial charge in [-0.05, 0) is 17.7 Å². The molecular weight excluding hydrogens is 291 g/mol. The van der Waals surface area contributed by atoms with Gasteiger partial charge < -0.3 is 16.2 Å². The molecule has 1 unspecified atom stereocenters. The highest BCUT2D eigenvalue weighted by Gasteiger charge is 2.18. The van der Waals surface area contributed by atoms with Crippen molar-refractivity contribution in [3.63, 3.8) is 0 Å². The lowest BCUT2D eigenvalue weighted by atomic mass is 9.95. The Labute approximate surface area is 120 Å². The fourth-order valence-electron chi connectivity index (χ4n) is 1.71. The van der Waals surface area contributed by atoms with Gasteiger partial charge in [0.05, 0.1) is 13.0 Å². The van der Waals surface area contributed by atoms with Gasteiger partial charge in [0.25, 0.3) is 0 Å². The predicted molar refractivity (Wildman–Crippen MR) is 73.5 cm³/mol. The number of carbonyl (C=O) groups excluding carboxylic acids is 1. The van der Waals surface area contributed by atoms with E-state index in [-0.39, 0.29) is 25.4 Å². The van der Waals surface area contributed by atoms with Crippen molar-refractivity contribution in [2.24, 2.45) is 5.73 Å². The van der Waals surface area contributed by atoms with E-state index in [1.165, 1.54) is 0 Å². The molecule has 0 fully saturated rings. The summed E-state index contributed by atoms with van der Waals surface area (Å²) < 4.78 is 0. The third kappa shape index (κ3) is 5.46. The number of benzene rings is 1. The topological polar surface area (TPSA) is 92.4 Å². The number of carboxylic acid groups (broad SMARTS) is 1. The summed E-state index contributed by atoms with van der Waals surface area (Å²) in [6, 6.07) is 4.89. The number of hydrogen-bond donors (Lipinski definition) is 3. The van der Waals surface area contributed by atoms with Crippen LogP contribution in [0.4, 0.5) is 0 Å². The van der Waals surface area contributed by atoms with Crippen molar-refractivity contribution in [3.05, 3.63) is 33.8 Å². The van der Waals surface area contributed by atoms with Gasteiger partial charge >= 0.3 is 5.97 Å². The number of nitrogens with two attached hydrogens (primary N) is 1. The fraction of sp³-hybridized carbons (Fsp3) is 0.333. The molecule has 0 saturated carbocycles. The predicted octanol–water partition coefficient (Wildman–Crippen LogP) is 1.63. The summed E-state index contributed by atoms with van der Waals surface area (Å²) in [4.78, 5) is 21.5. The molecule has 0 radical (unpaired) electrons. The van der Waals surface area contributed by atoms with Crippen molar-refractivity contribution in [2.45, 2.75) is 12.3 Å². The van der Waals surface area contributed by atoms with Crippen LogP contribution in [0.2, 0.25) is 10.0 Å². The van der Waals surface area contributed by atoms with Gasteiger partial charge in [0.15, 0.2) is 0 Å². The molecule has 0 heterocycles. The molecule has 0 saturated heterocycles.